The number of pyridine rings is 2. The molecule has 11 heteroatoms. The lowest BCUT2D eigenvalue weighted by Crippen LogP contribution is -2.33. The summed E-state index contributed by atoms with van der Waals surface area (Å²) in [7, 11) is 0. The summed E-state index contributed by atoms with van der Waals surface area (Å²) in [5.41, 5.74) is 2.36. The maximum absolute atomic E-state index is 11.6. The summed E-state index contributed by atoms with van der Waals surface area (Å²) in [6, 6.07) is 17.2. The minimum absolute atomic E-state index is 0.0648. The molecule has 190 valence electrons. The molecule has 0 spiro atoms. The molecule has 0 radical (unpaired) electrons. The number of rotatable bonds is 4. The molecule has 1 aromatic carbocycles. The third kappa shape index (κ3) is 4.91. The van der Waals surface area contributed by atoms with Gasteiger partial charge in [-0.1, -0.05) is 24.3 Å². The van der Waals surface area contributed by atoms with Gasteiger partial charge in [-0.2, -0.15) is 0 Å². The molecule has 6 amide bonds. The van der Waals surface area contributed by atoms with Crippen molar-refractivity contribution in [3.8, 4) is 11.3 Å². The predicted molar refractivity (Wildman–Crippen MR) is 139 cm³/mol. The number of aromatic nitrogens is 2. The molecule has 0 atom stereocenters. The van der Waals surface area contributed by atoms with Crippen molar-refractivity contribution in [2.45, 2.75) is 0 Å². The first-order valence-electron chi connectivity index (χ1n) is 11.5. The quantitative estimate of drug-likeness (QED) is 0.478. The Bertz CT molecular complexity index is 1510. The molecule has 5 heterocycles. The molecule has 3 aliphatic heterocycles. The van der Waals surface area contributed by atoms with Crippen molar-refractivity contribution >= 4 is 52.8 Å². The lowest BCUT2D eigenvalue weighted by molar-refractivity contribution is -0.121. The summed E-state index contributed by atoms with van der Waals surface area (Å²) in [5.74, 6) is -2.56. The molecular weight excluding hydrogens is 502 g/mol. The Balaban J connectivity index is 0.000000158. The van der Waals surface area contributed by atoms with Crippen molar-refractivity contribution in [3.05, 3.63) is 103 Å². The summed E-state index contributed by atoms with van der Waals surface area (Å²) in [6.07, 6.45) is 8.79. The molecule has 0 saturated heterocycles. The van der Waals surface area contributed by atoms with E-state index in [0.29, 0.717) is 5.69 Å². The van der Waals surface area contributed by atoms with Crippen molar-refractivity contribution in [1.29, 1.82) is 0 Å². The fraction of sp³-hybridized carbons (Fsp3) is 0. The van der Waals surface area contributed by atoms with E-state index in [1.807, 2.05) is 30.3 Å². The lowest BCUT2D eigenvalue weighted by Gasteiger charge is -2.17. The molecule has 0 unspecified atom stereocenters. The van der Waals surface area contributed by atoms with Crippen LogP contribution >= 0.6 is 0 Å². The van der Waals surface area contributed by atoms with Crippen molar-refractivity contribution in [2.75, 3.05) is 14.7 Å². The molecule has 11 nitrogen and oxygen atoms in total. The average molecular weight is 519 g/mol. The Morgan fingerprint density at radius 1 is 0.462 bits per heavy atom. The van der Waals surface area contributed by atoms with Crippen LogP contribution in [0.2, 0.25) is 0 Å². The SMILES string of the molecule is O=C1C=CC(=O)N1c1ccc(-c2ccccn2)cc1.O=C1C=CC(=O)N1c1cccc(N2C(=O)C=CC2=O)n1. The average Bonchev–Trinajstić information content (AvgIpc) is 3.59. The highest BCUT2D eigenvalue weighted by Crippen LogP contribution is 2.24. The molecule has 6 rings (SSSR count). The van der Waals surface area contributed by atoms with Crippen LogP contribution in [0.5, 0.6) is 0 Å². The highest BCUT2D eigenvalue weighted by Gasteiger charge is 2.30. The van der Waals surface area contributed by atoms with Crippen molar-refractivity contribution in [3.63, 3.8) is 0 Å². The van der Waals surface area contributed by atoms with Gasteiger partial charge >= 0.3 is 0 Å². The highest BCUT2D eigenvalue weighted by atomic mass is 16.2. The van der Waals surface area contributed by atoms with Gasteiger partial charge in [-0.25, -0.2) is 19.7 Å². The number of nitrogens with zero attached hydrogens (tertiary/aromatic N) is 5. The van der Waals surface area contributed by atoms with Crippen molar-refractivity contribution in [1.82, 2.24) is 9.97 Å². The van der Waals surface area contributed by atoms with Crippen LogP contribution in [-0.2, 0) is 28.8 Å². The Labute approximate surface area is 221 Å². The number of anilines is 3. The fourth-order valence-corrected chi connectivity index (χ4v) is 3.88. The van der Waals surface area contributed by atoms with Crippen molar-refractivity contribution in [2.24, 2.45) is 0 Å². The Morgan fingerprint density at radius 3 is 1.36 bits per heavy atom. The normalized spacial score (nSPS) is 16.1. The van der Waals surface area contributed by atoms with Crippen LogP contribution in [0.15, 0.2) is 103 Å². The molecule has 3 aliphatic rings. The second-order valence-corrected chi connectivity index (χ2v) is 8.15. The van der Waals surface area contributed by atoms with Crippen LogP contribution in [0.4, 0.5) is 17.3 Å². The summed E-state index contributed by atoms with van der Waals surface area (Å²) >= 11 is 0. The molecule has 0 N–H and O–H groups in total. The van der Waals surface area contributed by atoms with Gasteiger partial charge in [-0.15, -0.1) is 0 Å². The predicted octanol–water partition coefficient (Wildman–Crippen LogP) is 2.12. The lowest BCUT2D eigenvalue weighted by atomic mass is 10.1. The van der Waals surface area contributed by atoms with Gasteiger partial charge in [-0.3, -0.25) is 33.8 Å². The molecular formula is C28H17N5O6. The summed E-state index contributed by atoms with van der Waals surface area (Å²) < 4.78 is 0. The number of carbonyl (C=O) groups excluding carboxylic acids is 6. The van der Waals surface area contributed by atoms with E-state index in [2.05, 4.69) is 9.97 Å². The zero-order chi connectivity index (χ0) is 27.5. The molecule has 2 aromatic heterocycles. The summed E-state index contributed by atoms with van der Waals surface area (Å²) in [6.45, 7) is 0. The Kier molecular flexibility index (Phi) is 6.54. The van der Waals surface area contributed by atoms with Crippen LogP contribution in [0.1, 0.15) is 0 Å². The van der Waals surface area contributed by atoms with Crippen LogP contribution in [0.25, 0.3) is 11.3 Å². The minimum atomic E-state index is -0.517. The molecule has 0 fully saturated rings. The zero-order valence-corrected chi connectivity index (χ0v) is 20.0. The molecule has 0 bridgehead atoms. The number of benzene rings is 1. The van der Waals surface area contributed by atoms with Crippen LogP contribution < -0.4 is 14.7 Å². The van der Waals surface area contributed by atoms with E-state index in [-0.39, 0.29) is 23.5 Å². The highest BCUT2D eigenvalue weighted by molar-refractivity contribution is 6.29. The van der Waals surface area contributed by atoms with E-state index in [1.54, 1.807) is 18.3 Å². The Hall–Kier alpha value is -5.84. The largest absolute Gasteiger partial charge is 0.269 e. The smallest absolute Gasteiger partial charge is 0.259 e. The third-order valence-corrected chi connectivity index (χ3v) is 5.69. The van der Waals surface area contributed by atoms with Crippen LogP contribution in [0, 0.1) is 0 Å². The number of amides is 6. The van der Waals surface area contributed by atoms with Crippen molar-refractivity contribution < 1.29 is 28.8 Å². The maximum atomic E-state index is 11.6. The molecule has 0 aliphatic carbocycles. The van der Waals surface area contributed by atoms with Gasteiger partial charge in [0.1, 0.15) is 11.6 Å². The van der Waals surface area contributed by atoms with E-state index in [9.17, 15) is 28.8 Å². The monoisotopic (exact) mass is 519 g/mol. The minimum Gasteiger partial charge on any atom is -0.269 e. The maximum Gasteiger partial charge on any atom is 0.259 e. The first-order chi connectivity index (χ1) is 18.8. The second-order valence-electron chi connectivity index (χ2n) is 8.15. The van der Waals surface area contributed by atoms with E-state index < -0.39 is 23.6 Å². The van der Waals surface area contributed by atoms with E-state index in [0.717, 1.165) is 50.3 Å². The van der Waals surface area contributed by atoms with Gasteiger partial charge < -0.3 is 0 Å². The van der Waals surface area contributed by atoms with Gasteiger partial charge in [0.15, 0.2) is 0 Å². The van der Waals surface area contributed by atoms with Gasteiger partial charge in [-0.05, 0) is 36.4 Å². The van der Waals surface area contributed by atoms with Gasteiger partial charge in [0, 0.05) is 48.2 Å². The van der Waals surface area contributed by atoms with Gasteiger partial charge in [0.2, 0.25) is 0 Å². The standard InChI is InChI=1S/C15H10N2O2.C13H7N3O4/c18-14-8-9-15(19)17(14)12-6-4-11(5-7-12)13-3-1-2-10-16-13;17-10-4-5-11(18)15(10)8-2-1-3-9(14-8)16-12(19)6-7-13(16)20/h1-10H;1-7H. The van der Waals surface area contributed by atoms with Crippen LogP contribution in [0.3, 0.4) is 0 Å². The first-order valence-corrected chi connectivity index (χ1v) is 11.5. The first kappa shape index (κ1) is 24.8. The van der Waals surface area contributed by atoms with Gasteiger partial charge in [0.25, 0.3) is 35.4 Å². The molecule has 3 aromatic rings. The van der Waals surface area contributed by atoms with E-state index in [1.165, 1.54) is 30.4 Å². The number of hydrogen-bond donors (Lipinski definition) is 0. The fourth-order valence-electron chi connectivity index (χ4n) is 3.88. The van der Waals surface area contributed by atoms with Crippen LogP contribution in [-0.4, -0.2) is 45.4 Å². The topological polar surface area (TPSA) is 138 Å². The van der Waals surface area contributed by atoms with Gasteiger partial charge in [0.05, 0.1) is 11.4 Å². The number of hydrogen-bond acceptors (Lipinski definition) is 8. The Morgan fingerprint density at radius 2 is 0.923 bits per heavy atom. The van der Waals surface area contributed by atoms with E-state index >= 15 is 0 Å². The molecule has 0 saturated carbocycles. The second kappa shape index (κ2) is 10.3. The third-order valence-electron chi connectivity index (χ3n) is 5.69. The zero-order valence-electron chi connectivity index (χ0n) is 20.0. The molecule has 39 heavy (non-hydrogen) atoms. The summed E-state index contributed by atoms with van der Waals surface area (Å²) in [5, 5.41) is 0. The number of imide groups is 3. The summed E-state index contributed by atoms with van der Waals surface area (Å²) in [4.78, 5) is 80.5. The van der Waals surface area contributed by atoms with E-state index in [4.69, 9.17) is 0 Å². The number of carbonyl (C=O) groups is 6.